The van der Waals surface area contributed by atoms with E-state index in [2.05, 4.69) is 27.1 Å². The molecule has 1 saturated heterocycles. The zero-order valence-electron chi connectivity index (χ0n) is 16.1. The van der Waals surface area contributed by atoms with Gasteiger partial charge in [0.2, 0.25) is 5.91 Å². The molecule has 140 valence electrons. The van der Waals surface area contributed by atoms with Gasteiger partial charge in [-0.2, -0.15) is 0 Å². The standard InChI is InChI=1S/C19H32N4OS/c1-14-8-5-6-12-23(14)13-7-11-20-18(24)10-9-17-15(2)21-19(25-4)22-16(17)3/h14H,5-13H2,1-4H3,(H,20,24)/t14-/m0/s1. The first-order chi connectivity index (χ1) is 12.0. The third-order valence-electron chi connectivity index (χ3n) is 5.07. The summed E-state index contributed by atoms with van der Waals surface area (Å²) in [7, 11) is 0. The average molecular weight is 365 g/mol. The summed E-state index contributed by atoms with van der Waals surface area (Å²) in [5, 5.41) is 3.86. The van der Waals surface area contributed by atoms with Crippen molar-refractivity contribution >= 4 is 17.7 Å². The topological polar surface area (TPSA) is 58.1 Å². The van der Waals surface area contributed by atoms with Crippen molar-refractivity contribution in [3.05, 3.63) is 17.0 Å². The van der Waals surface area contributed by atoms with E-state index in [4.69, 9.17) is 0 Å². The van der Waals surface area contributed by atoms with Crippen LogP contribution in [0.5, 0.6) is 0 Å². The van der Waals surface area contributed by atoms with Crippen molar-refractivity contribution in [2.24, 2.45) is 0 Å². The summed E-state index contributed by atoms with van der Waals surface area (Å²) < 4.78 is 0. The summed E-state index contributed by atoms with van der Waals surface area (Å²) in [4.78, 5) is 23.6. The molecule has 25 heavy (non-hydrogen) atoms. The number of aromatic nitrogens is 2. The summed E-state index contributed by atoms with van der Waals surface area (Å²) in [5.41, 5.74) is 3.09. The van der Waals surface area contributed by atoms with Crippen molar-refractivity contribution in [2.45, 2.75) is 70.5 Å². The zero-order chi connectivity index (χ0) is 18.2. The van der Waals surface area contributed by atoms with Crippen LogP contribution in [-0.4, -0.2) is 52.7 Å². The highest BCUT2D eigenvalue weighted by atomic mass is 32.2. The molecule has 0 radical (unpaired) electrons. The first-order valence-corrected chi connectivity index (χ1v) is 10.6. The molecule has 1 atom stereocenters. The Kier molecular flexibility index (Phi) is 8.16. The maximum Gasteiger partial charge on any atom is 0.220 e. The minimum atomic E-state index is 0.124. The number of thioether (sulfide) groups is 1. The lowest BCUT2D eigenvalue weighted by atomic mass is 10.0. The van der Waals surface area contributed by atoms with E-state index in [1.807, 2.05) is 20.1 Å². The van der Waals surface area contributed by atoms with Crippen molar-refractivity contribution in [1.82, 2.24) is 20.2 Å². The van der Waals surface area contributed by atoms with E-state index in [9.17, 15) is 4.79 Å². The van der Waals surface area contributed by atoms with Gasteiger partial charge in [0.25, 0.3) is 0 Å². The van der Waals surface area contributed by atoms with Crippen LogP contribution >= 0.6 is 11.8 Å². The van der Waals surface area contributed by atoms with Gasteiger partial charge >= 0.3 is 0 Å². The molecular weight excluding hydrogens is 332 g/mol. The van der Waals surface area contributed by atoms with Gasteiger partial charge < -0.3 is 10.2 Å². The predicted octanol–water partition coefficient (Wildman–Crippen LogP) is 3.13. The molecule has 1 N–H and O–H groups in total. The maximum absolute atomic E-state index is 12.1. The Hall–Kier alpha value is -1.14. The van der Waals surface area contributed by atoms with Gasteiger partial charge in [0.15, 0.2) is 5.16 Å². The monoisotopic (exact) mass is 364 g/mol. The van der Waals surface area contributed by atoms with Crippen LogP contribution in [0, 0.1) is 13.8 Å². The number of likely N-dealkylation sites (tertiary alicyclic amines) is 1. The molecule has 6 heteroatoms. The fraction of sp³-hybridized carbons (Fsp3) is 0.737. The molecule has 1 aromatic rings. The van der Waals surface area contributed by atoms with Gasteiger partial charge in [-0.1, -0.05) is 18.2 Å². The lowest BCUT2D eigenvalue weighted by Gasteiger charge is -2.33. The highest BCUT2D eigenvalue weighted by Gasteiger charge is 2.17. The van der Waals surface area contributed by atoms with Gasteiger partial charge in [0.1, 0.15) is 0 Å². The molecule has 0 aliphatic carbocycles. The number of carbonyl (C=O) groups excluding carboxylic acids is 1. The molecule has 0 unspecified atom stereocenters. The van der Waals surface area contributed by atoms with E-state index in [0.29, 0.717) is 18.9 Å². The number of piperidine rings is 1. The smallest absolute Gasteiger partial charge is 0.220 e. The molecule has 5 nitrogen and oxygen atoms in total. The molecule has 0 bridgehead atoms. The molecule has 1 aliphatic rings. The fourth-order valence-electron chi connectivity index (χ4n) is 3.49. The third-order valence-corrected chi connectivity index (χ3v) is 5.62. The van der Waals surface area contributed by atoms with E-state index in [-0.39, 0.29) is 5.91 Å². The molecular formula is C19H32N4OS. The zero-order valence-corrected chi connectivity index (χ0v) is 16.9. The van der Waals surface area contributed by atoms with Crippen molar-refractivity contribution in [3.63, 3.8) is 0 Å². The number of carbonyl (C=O) groups is 1. The predicted molar refractivity (Wildman–Crippen MR) is 104 cm³/mol. The van der Waals surface area contributed by atoms with Crippen LogP contribution < -0.4 is 5.32 Å². The van der Waals surface area contributed by atoms with Crippen LogP contribution in [0.3, 0.4) is 0 Å². The summed E-state index contributed by atoms with van der Waals surface area (Å²) in [6.07, 6.45) is 8.20. The Labute approximate surface area is 156 Å². The quantitative estimate of drug-likeness (QED) is 0.436. The molecule has 0 aromatic carbocycles. The van der Waals surface area contributed by atoms with Crippen LogP contribution in [0.2, 0.25) is 0 Å². The van der Waals surface area contributed by atoms with Crippen molar-refractivity contribution in [2.75, 3.05) is 25.9 Å². The maximum atomic E-state index is 12.1. The molecule has 0 spiro atoms. The fourth-order valence-corrected chi connectivity index (χ4v) is 3.94. The lowest BCUT2D eigenvalue weighted by Crippen LogP contribution is -2.39. The Bertz CT molecular complexity index is 556. The molecule has 2 rings (SSSR count). The van der Waals surface area contributed by atoms with Gasteiger partial charge in [-0.25, -0.2) is 9.97 Å². The highest BCUT2D eigenvalue weighted by Crippen LogP contribution is 2.17. The first-order valence-electron chi connectivity index (χ1n) is 9.40. The molecule has 1 aromatic heterocycles. The minimum Gasteiger partial charge on any atom is -0.356 e. The van der Waals surface area contributed by atoms with Crippen LogP contribution in [0.25, 0.3) is 0 Å². The van der Waals surface area contributed by atoms with E-state index >= 15 is 0 Å². The Morgan fingerprint density at radius 1 is 1.28 bits per heavy atom. The van der Waals surface area contributed by atoms with Gasteiger partial charge in [-0.3, -0.25) is 4.79 Å². The van der Waals surface area contributed by atoms with E-state index in [0.717, 1.165) is 41.6 Å². The Morgan fingerprint density at radius 2 is 2.00 bits per heavy atom. The second-order valence-corrected chi connectivity index (χ2v) is 7.72. The summed E-state index contributed by atoms with van der Waals surface area (Å²) >= 11 is 1.55. The average Bonchev–Trinajstić information content (AvgIpc) is 2.59. The number of hydrogen-bond acceptors (Lipinski definition) is 5. The van der Waals surface area contributed by atoms with Gasteiger partial charge in [0, 0.05) is 36.9 Å². The van der Waals surface area contributed by atoms with E-state index in [1.54, 1.807) is 11.8 Å². The number of hydrogen-bond donors (Lipinski definition) is 1. The summed E-state index contributed by atoms with van der Waals surface area (Å²) in [6.45, 7) is 9.38. The van der Waals surface area contributed by atoms with E-state index in [1.165, 1.54) is 25.8 Å². The van der Waals surface area contributed by atoms with Gasteiger partial charge in [-0.15, -0.1) is 0 Å². The molecule has 1 aliphatic heterocycles. The van der Waals surface area contributed by atoms with Crippen LogP contribution in [0.15, 0.2) is 5.16 Å². The van der Waals surface area contributed by atoms with Crippen molar-refractivity contribution in [1.29, 1.82) is 0 Å². The normalized spacial score (nSPS) is 18.3. The summed E-state index contributed by atoms with van der Waals surface area (Å²) in [5.74, 6) is 0.124. The third kappa shape index (κ3) is 6.26. The van der Waals surface area contributed by atoms with Crippen molar-refractivity contribution < 1.29 is 4.79 Å². The molecule has 0 saturated carbocycles. The van der Waals surface area contributed by atoms with Crippen molar-refractivity contribution in [3.8, 4) is 0 Å². The second-order valence-electron chi connectivity index (χ2n) is 6.94. The van der Waals surface area contributed by atoms with E-state index < -0.39 is 0 Å². The first kappa shape index (κ1) is 20.2. The number of rotatable bonds is 8. The minimum absolute atomic E-state index is 0.124. The SMILES string of the molecule is CSc1nc(C)c(CCC(=O)NCCCN2CCCC[C@@H]2C)c(C)n1. The van der Waals surface area contributed by atoms with Gasteiger partial charge in [0.05, 0.1) is 0 Å². The Balaban J connectivity index is 1.69. The van der Waals surface area contributed by atoms with Crippen LogP contribution in [-0.2, 0) is 11.2 Å². The number of nitrogens with zero attached hydrogens (tertiary/aromatic N) is 3. The van der Waals surface area contributed by atoms with Gasteiger partial charge in [-0.05, 0) is 64.8 Å². The largest absolute Gasteiger partial charge is 0.356 e. The summed E-state index contributed by atoms with van der Waals surface area (Å²) in [6, 6.07) is 0.694. The van der Waals surface area contributed by atoms with Crippen LogP contribution in [0.4, 0.5) is 0 Å². The molecule has 2 heterocycles. The number of amides is 1. The second kappa shape index (κ2) is 10.1. The Morgan fingerprint density at radius 3 is 2.64 bits per heavy atom. The number of nitrogens with one attached hydrogen (secondary N) is 1. The molecule has 1 fully saturated rings. The van der Waals surface area contributed by atoms with Crippen LogP contribution in [0.1, 0.15) is 56.0 Å². The molecule has 1 amide bonds. The highest BCUT2D eigenvalue weighted by molar-refractivity contribution is 7.98. The lowest BCUT2D eigenvalue weighted by molar-refractivity contribution is -0.121. The number of aryl methyl sites for hydroxylation is 2.